The molecule has 0 radical (unpaired) electrons. The molecule has 0 fully saturated rings. The molecular formula is C12H14O2. The fourth-order valence-corrected chi connectivity index (χ4v) is 1.23. The molecule has 2 heteroatoms. The molecule has 1 aromatic rings. The zero-order chi connectivity index (χ0) is 10.4. The number of hydrogen-bond donors (Lipinski definition) is 1. The average molecular weight is 190 g/mol. The molecule has 0 aliphatic carbocycles. The van der Waals surface area contributed by atoms with Crippen LogP contribution in [0.1, 0.15) is 17.5 Å². The van der Waals surface area contributed by atoms with Crippen LogP contribution in [0, 0.1) is 6.92 Å². The molecule has 0 aliphatic rings. The van der Waals surface area contributed by atoms with Crippen LogP contribution in [-0.4, -0.2) is 11.1 Å². The second-order valence-corrected chi connectivity index (χ2v) is 3.20. The van der Waals surface area contributed by atoms with E-state index in [1.165, 1.54) is 11.1 Å². The van der Waals surface area contributed by atoms with Gasteiger partial charge < -0.3 is 5.11 Å². The van der Waals surface area contributed by atoms with Gasteiger partial charge in [-0.3, -0.25) is 4.79 Å². The molecule has 0 saturated heterocycles. The first-order valence-electron chi connectivity index (χ1n) is 4.61. The molecule has 74 valence electrons. The summed E-state index contributed by atoms with van der Waals surface area (Å²) in [6, 6.07) is 8.11. The van der Waals surface area contributed by atoms with Gasteiger partial charge >= 0.3 is 5.97 Å². The standard InChI is InChI=1S/C12H14O2/c1-10-6-2-3-7-11(10)8-4-5-9-12(13)14/h2-7H,8-9H2,1H3,(H,13,14)/b5-4-. The number of allylic oxidation sites excluding steroid dienone is 1. The number of rotatable bonds is 4. The molecule has 1 rings (SSSR count). The maximum absolute atomic E-state index is 10.2. The molecule has 0 spiro atoms. The molecular weight excluding hydrogens is 176 g/mol. The van der Waals surface area contributed by atoms with Crippen LogP contribution >= 0.6 is 0 Å². The number of carbonyl (C=O) groups is 1. The summed E-state index contributed by atoms with van der Waals surface area (Å²) < 4.78 is 0. The van der Waals surface area contributed by atoms with Gasteiger partial charge in [-0.05, 0) is 24.5 Å². The van der Waals surface area contributed by atoms with Crippen molar-refractivity contribution in [2.24, 2.45) is 0 Å². The number of carboxylic acids is 1. The van der Waals surface area contributed by atoms with E-state index in [4.69, 9.17) is 5.11 Å². The van der Waals surface area contributed by atoms with Crippen molar-refractivity contribution in [1.82, 2.24) is 0 Å². The summed E-state index contributed by atoms with van der Waals surface area (Å²) in [5.74, 6) is -0.786. The van der Waals surface area contributed by atoms with Crippen molar-refractivity contribution in [3.63, 3.8) is 0 Å². The van der Waals surface area contributed by atoms with Gasteiger partial charge in [-0.1, -0.05) is 36.4 Å². The minimum atomic E-state index is -0.786. The normalized spacial score (nSPS) is 10.6. The Kier molecular flexibility index (Phi) is 3.92. The van der Waals surface area contributed by atoms with Gasteiger partial charge in [0.2, 0.25) is 0 Å². The zero-order valence-corrected chi connectivity index (χ0v) is 8.23. The number of carboxylic acid groups (broad SMARTS) is 1. The van der Waals surface area contributed by atoms with E-state index in [1.54, 1.807) is 6.08 Å². The Morgan fingerprint density at radius 3 is 2.71 bits per heavy atom. The average Bonchev–Trinajstić information content (AvgIpc) is 2.15. The number of hydrogen-bond acceptors (Lipinski definition) is 1. The SMILES string of the molecule is Cc1ccccc1C/C=C\CC(=O)O. The summed E-state index contributed by atoms with van der Waals surface area (Å²) in [5.41, 5.74) is 2.49. The van der Waals surface area contributed by atoms with Crippen molar-refractivity contribution in [2.45, 2.75) is 19.8 Å². The summed E-state index contributed by atoms with van der Waals surface area (Å²) >= 11 is 0. The first-order valence-corrected chi connectivity index (χ1v) is 4.61. The highest BCUT2D eigenvalue weighted by atomic mass is 16.4. The van der Waals surface area contributed by atoms with Crippen LogP contribution in [0.3, 0.4) is 0 Å². The minimum Gasteiger partial charge on any atom is -0.481 e. The van der Waals surface area contributed by atoms with E-state index >= 15 is 0 Å². The smallest absolute Gasteiger partial charge is 0.307 e. The predicted molar refractivity (Wildman–Crippen MR) is 56.3 cm³/mol. The third-order valence-electron chi connectivity index (χ3n) is 2.06. The second kappa shape index (κ2) is 5.22. The van der Waals surface area contributed by atoms with Gasteiger partial charge in [0.1, 0.15) is 0 Å². The van der Waals surface area contributed by atoms with Crippen LogP contribution in [0.4, 0.5) is 0 Å². The lowest BCUT2D eigenvalue weighted by molar-refractivity contribution is -0.136. The Morgan fingerprint density at radius 1 is 1.36 bits per heavy atom. The lowest BCUT2D eigenvalue weighted by Crippen LogP contribution is -1.90. The van der Waals surface area contributed by atoms with Gasteiger partial charge in [-0.25, -0.2) is 0 Å². The maximum Gasteiger partial charge on any atom is 0.307 e. The minimum absolute atomic E-state index is 0.103. The third kappa shape index (κ3) is 3.44. The molecule has 1 aromatic carbocycles. The van der Waals surface area contributed by atoms with Crippen molar-refractivity contribution in [1.29, 1.82) is 0 Å². The number of aliphatic carboxylic acids is 1. The number of aryl methyl sites for hydroxylation is 1. The predicted octanol–water partition coefficient (Wildman–Crippen LogP) is 2.57. The largest absolute Gasteiger partial charge is 0.481 e. The van der Waals surface area contributed by atoms with E-state index in [-0.39, 0.29) is 6.42 Å². The maximum atomic E-state index is 10.2. The number of benzene rings is 1. The topological polar surface area (TPSA) is 37.3 Å². The first kappa shape index (κ1) is 10.5. The van der Waals surface area contributed by atoms with Crippen molar-refractivity contribution >= 4 is 5.97 Å². The molecule has 14 heavy (non-hydrogen) atoms. The highest BCUT2D eigenvalue weighted by Gasteiger charge is 1.93. The van der Waals surface area contributed by atoms with Crippen molar-refractivity contribution < 1.29 is 9.90 Å². The third-order valence-corrected chi connectivity index (χ3v) is 2.06. The molecule has 0 atom stereocenters. The van der Waals surface area contributed by atoms with Gasteiger partial charge in [0.25, 0.3) is 0 Å². The Hall–Kier alpha value is -1.57. The lowest BCUT2D eigenvalue weighted by atomic mass is 10.1. The van der Waals surface area contributed by atoms with E-state index in [0.717, 1.165) is 6.42 Å². The second-order valence-electron chi connectivity index (χ2n) is 3.20. The molecule has 2 nitrogen and oxygen atoms in total. The van der Waals surface area contributed by atoms with E-state index in [9.17, 15) is 4.79 Å². The van der Waals surface area contributed by atoms with Gasteiger partial charge in [0, 0.05) is 0 Å². The Labute approximate surface area is 83.9 Å². The summed E-state index contributed by atoms with van der Waals surface area (Å²) in [7, 11) is 0. The summed E-state index contributed by atoms with van der Waals surface area (Å²) in [4.78, 5) is 10.2. The van der Waals surface area contributed by atoms with Gasteiger partial charge in [-0.2, -0.15) is 0 Å². The molecule has 0 amide bonds. The molecule has 0 heterocycles. The molecule has 0 aliphatic heterocycles. The van der Waals surface area contributed by atoms with Gasteiger partial charge in [0.15, 0.2) is 0 Å². The Morgan fingerprint density at radius 2 is 2.07 bits per heavy atom. The summed E-state index contributed by atoms with van der Waals surface area (Å²) in [6.45, 7) is 2.06. The van der Waals surface area contributed by atoms with Crippen LogP contribution in [0.15, 0.2) is 36.4 Å². The lowest BCUT2D eigenvalue weighted by Gasteiger charge is -2.00. The van der Waals surface area contributed by atoms with Gasteiger partial charge in [-0.15, -0.1) is 0 Å². The fourth-order valence-electron chi connectivity index (χ4n) is 1.23. The molecule has 0 saturated carbocycles. The first-order chi connectivity index (χ1) is 6.70. The van der Waals surface area contributed by atoms with Crippen molar-refractivity contribution in [3.8, 4) is 0 Å². The van der Waals surface area contributed by atoms with E-state index in [2.05, 4.69) is 19.1 Å². The van der Waals surface area contributed by atoms with Crippen LogP contribution in [0.25, 0.3) is 0 Å². The highest BCUT2D eigenvalue weighted by Crippen LogP contribution is 2.08. The van der Waals surface area contributed by atoms with Crippen LogP contribution in [0.5, 0.6) is 0 Å². The molecule has 0 aromatic heterocycles. The molecule has 1 N–H and O–H groups in total. The highest BCUT2D eigenvalue weighted by molar-refractivity contribution is 5.68. The molecule has 0 unspecified atom stereocenters. The van der Waals surface area contributed by atoms with E-state index < -0.39 is 5.97 Å². The quantitative estimate of drug-likeness (QED) is 0.741. The Balaban J connectivity index is 2.49. The van der Waals surface area contributed by atoms with Gasteiger partial charge in [0.05, 0.1) is 6.42 Å². The van der Waals surface area contributed by atoms with E-state index in [1.807, 2.05) is 18.2 Å². The van der Waals surface area contributed by atoms with Crippen LogP contribution in [-0.2, 0) is 11.2 Å². The van der Waals surface area contributed by atoms with Crippen molar-refractivity contribution in [3.05, 3.63) is 47.5 Å². The molecule has 0 bridgehead atoms. The summed E-state index contributed by atoms with van der Waals surface area (Å²) in [6.07, 6.45) is 4.50. The van der Waals surface area contributed by atoms with Crippen LogP contribution in [0.2, 0.25) is 0 Å². The summed E-state index contributed by atoms with van der Waals surface area (Å²) in [5, 5.41) is 8.41. The van der Waals surface area contributed by atoms with Crippen molar-refractivity contribution in [2.75, 3.05) is 0 Å². The van der Waals surface area contributed by atoms with E-state index in [0.29, 0.717) is 0 Å². The Bertz CT molecular complexity index is 340. The fraction of sp³-hybridized carbons (Fsp3) is 0.250. The zero-order valence-electron chi connectivity index (χ0n) is 8.23. The monoisotopic (exact) mass is 190 g/mol. The van der Waals surface area contributed by atoms with Crippen LogP contribution < -0.4 is 0 Å².